The predicted molar refractivity (Wildman–Crippen MR) is 206 cm³/mol. The van der Waals surface area contributed by atoms with E-state index in [9.17, 15) is 0 Å². The summed E-state index contributed by atoms with van der Waals surface area (Å²) in [5.74, 6) is 2.89. The maximum atomic E-state index is 6.68. The van der Waals surface area contributed by atoms with Gasteiger partial charge in [0.2, 0.25) is 0 Å². The molecule has 0 spiro atoms. The van der Waals surface area contributed by atoms with Crippen molar-refractivity contribution in [3.8, 4) is 34.1 Å². The van der Waals surface area contributed by atoms with Crippen molar-refractivity contribution in [3.05, 3.63) is 131 Å². The standard InChI is InChI=1S/C45H46N4O.Pt/c1-9-13-33-20-21-46-43(23-33)48-40-17-11-10-16-38(40)39-19-18-36(27-41(39)48)50-37-25-34(29(4)5)24-35(26-37)49-42(22-28(2)3)45(32(8)47-49)44-30(6)14-12-15-31(44)7;/h10-12,14-21,23-25,28-29H,9,13,22H2,1-8H3;/q-2;+2. The maximum absolute atomic E-state index is 6.68. The Morgan fingerprint density at radius 1 is 0.784 bits per heavy atom. The van der Waals surface area contributed by atoms with E-state index >= 15 is 0 Å². The fourth-order valence-corrected chi connectivity index (χ4v) is 7.25. The maximum Gasteiger partial charge on any atom is 2.00 e. The second-order valence-electron chi connectivity index (χ2n) is 14.3. The first kappa shape index (κ1) is 36.3. The van der Waals surface area contributed by atoms with Crippen LogP contribution >= 0.6 is 0 Å². The Bertz CT molecular complexity index is 2320. The van der Waals surface area contributed by atoms with E-state index in [1.165, 1.54) is 33.5 Å². The fraction of sp³-hybridized carbons (Fsp3) is 0.289. The van der Waals surface area contributed by atoms with Gasteiger partial charge in [-0.05, 0) is 97.0 Å². The van der Waals surface area contributed by atoms with Gasteiger partial charge < -0.3 is 9.30 Å². The molecule has 0 atom stereocenters. The molecule has 3 aromatic heterocycles. The number of ether oxygens (including phenoxy) is 1. The largest absolute Gasteiger partial charge is 2.00 e. The number of nitrogens with zero attached hydrogens (tertiary/aromatic N) is 4. The summed E-state index contributed by atoms with van der Waals surface area (Å²) in [6, 6.07) is 35.0. The third-order valence-corrected chi connectivity index (χ3v) is 9.59. The molecule has 0 N–H and O–H groups in total. The van der Waals surface area contributed by atoms with Crippen LogP contribution in [-0.4, -0.2) is 19.3 Å². The van der Waals surface area contributed by atoms with Crippen LogP contribution in [0.1, 0.15) is 80.6 Å². The summed E-state index contributed by atoms with van der Waals surface area (Å²) in [6.45, 7) is 17.7. The number of aryl methyl sites for hydroxylation is 4. The minimum absolute atomic E-state index is 0. The molecule has 7 rings (SSSR count). The van der Waals surface area contributed by atoms with Crippen molar-refractivity contribution in [2.24, 2.45) is 5.92 Å². The zero-order valence-corrected chi connectivity index (χ0v) is 33.1. The van der Waals surface area contributed by atoms with Crippen LogP contribution in [0.2, 0.25) is 0 Å². The number of para-hydroxylation sites is 1. The molecule has 5 nitrogen and oxygen atoms in total. The molecular formula is C45H46N4OPt. The van der Waals surface area contributed by atoms with E-state index in [4.69, 9.17) is 14.8 Å². The summed E-state index contributed by atoms with van der Waals surface area (Å²) < 4.78 is 11.0. The summed E-state index contributed by atoms with van der Waals surface area (Å²) >= 11 is 0. The van der Waals surface area contributed by atoms with Crippen LogP contribution in [0.15, 0.2) is 85.1 Å². The quantitative estimate of drug-likeness (QED) is 0.129. The number of fused-ring (bicyclic) bond motifs is 3. The SMILES string of the molecule is CCCc1ccnc(-n2c3[c-]c(Oc4[c-]c(-n5nc(C)c(-c6c(C)cccc6C)c5CC(C)C)cc(C(C)C)c4)ccc3c3ccccc32)c1.[Pt+2]. The second-order valence-corrected chi connectivity index (χ2v) is 14.3. The molecule has 7 aromatic rings. The van der Waals surface area contributed by atoms with Gasteiger partial charge in [-0.1, -0.05) is 83.0 Å². The Morgan fingerprint density at radius 3 is 2.27 bits per heavy atom. The van der Waals surface area contributed by atoms with Crippen molar-refractivity contribution in [1.82, 2.24) is 19.3 Å². The molecule has 0 fully saturated rings. The van der Waals surface area contributed by atoms with E-state index in [1.807, 2.05) is 12.3 Å². The molecule has 0 aliphatic carbocycles. The number of hydrogen-bond donors (Lipinski definition) is 0. The normalized spacial score (nSPS) is 11.6. The van der Waals surface area contributed by atoms with Gasteiger partial charge in [0.25, 0.3) is 0 Å². The van der Waals surface area contributed by atoms with Crippen LogP contribution in [0.3, 0.4) is 0 Å². The minimum atomic E-state index is 0. The van der Waals surface area contributed by atoms with E-state index in [0.717, 1.165) is 63.8 Å². The Labute approximate surface area is 317 Å². The van der Waals surface area contributed by atoms with E-state index in [1.54, 1.807) is 0 Å². The van der Waals surface area contributed by atoms with E-state index in [-0.39, 0.29) is 27.0 Å². The molecule has 51 heavy (non-hydrogen) atoms. The number of rotatable bonds is 10. The molecule has 262 valence electrons. The van der Waals surface area contributed by atoms with Gasteiger partial charge in [-0.3, -0.25) is 4.68 Å². The van der Waals surface area contributed by atoms with E-state index in [0.29, 0.717) is 17.4 Å². The summed E-state index contributed by atoms with van der Waals surface area (Å²) in [5, 5.41) is 7.46. The summed E-state index contributed by atoms with van der Waals surface area (Å²) in [4.78, 5) is 4.81. The van der Waals surface area contributed by atoms with Gasteiger partial charge in [0.1, 0.15) is 5.82 Å². The summed E-state index contributed by atoms with van der Waals surface area (Å²) in [7, 11) is 0. The van der Waals surface area contributed by atoms with Crippen LogP contribution < -0.4 is 4.74 Å². The number of aromatic nitrogens is 4. The van der Waals surface area contributed by atoms with Crippen LogP contribution in [0, 0.1) is 38.8 Å². The first-order valence-electron chi connectivity index (χ1n) is 17.9. The molecule has 0 unspecified atom stereocenters. The number of hydrogen-bond acceptors (Lipinski definition) is 3. The van der Waals surface area contributed by atoms with Crippen molar-refractivity contribution in [2.45, 2.75) is 80.6 Å². The molecule has 0 aliphatic heterocycles. The first-order chi connectivity index (χ1) is 24.1. The Kier molecular flexibility index (Phi) is 10.7. The topological polar surface area (TPSA) is 44.9 Å². The van der Waals surface area contributed by atoms with E-state index < -0.39 is 0 Å². The predicted octanol–water partition coefficient (Wildman–Crippen LogP) is 11.6. The smallest absolute Gasteiger partial charge is 0.509 e. The van der Waals surface area contributed by atoms with Crippen molar-refractivity contribution in [2.75, 3.05) is 0 Å². The Morgan fingerprint density at radius 2 is 1.55 bits per heavy atom. The fourth-order valence-electron chi connectivity index (χ4n) is 7.25. The first-order valence-corrected chi connectivity index (χ1v) is 17.9. The Balaban J connectivity index is 0.00000448. The van der Waals surface area contributed by atoms with Gasteiger partial charge in [-0.15, -0.1) is 41.3 Å². The summed E-state index contributed by atoms with van der Waals surface area (Å²) in [5.41, 5.74) is 12.6. The van der Waals surface area contributed by atoms with Gasteiger partial charge >= 0.3 is 21.1 Å². The molecule has 0 bridgehead atoms. The van der Waals surface area contributed by atoms with Crippen LogP contribution in [0.25, 0.3) is 44.4 Å². The van der Waals surface area contributed by atoms with Crippen molar-refractivity contribution < 1.29 is 25.8 Å². The zero-order valence-electron chi connectivity index (χ0n) is 30.9. The van der Waals surface area contributed by atoms with E-state index in [2.05, 4.69) is 150 Å². The van der Waals surface area contributed by atoms with Gasteiger partial charge in [-0.25, -0.2) is 4.98 Å². The average molecular weight is 854 g/mol. The Hall–Kier alpha value is -4.47. The molecule has 3 heterocycles. The van der Waals surface area contributed by atoms with Gasteiger partial charge in [0.05, 0.1) is 11.4 Å². The van der Waals surface area contributed by atoms with Crippen LogP contribution in [0.4, 0.5) is 0 Å². The van der Waals surface area contributed by atoms with Gasteiger partial charge in [0.15, 0.2) is 0 Å². The van der Waals surface area contributed by atoms with Gasteiger partial charge in [0, 0.05) is 28.8 Å². The number of benzene rings is 4. The third-order valence-electron chi connectivity index (χ3n) is 9.59. The molecule has 0 amide bonds. The average Bonchev–Trinajstić information content (AvgIpc) is 3.58. The van der Waals surface area contributed by atoms with Crippen molar-refractivity contribution >= 4 is 21.8 Å². The molecule has 0 aliphatic rings. The third kappa shape index (κ3) is 7.06. The van der Waals surface area contributed by atoms with Crippen molar-refractivity contribution in [3.63, 3.8) is 0 Å². The molecule has 0 saturated carbocycles. The minimum Gasteiger partial charge on any atom is -0.509 e. The van der Waals surface area contributed by atoms with Crippen molar-refractivity contribution in [1.29, 1.82) is 0 Å². The van der Waals surface area contributed by atoms with Crippen LogP contribution in [0.5, 0.6) is 11.5 Å². The second kappa shape index (κ2) is 15.0. The van der Waals surface area contributed by atoms with Gasteiger partial charge in [-0.2, -0.15) is 11.2 Å². The molecule has 0 radical (unpaired) electrons. The zero-order chi connectivity index (χ0) is 35.1. The molecule has 6 heteroatoms. The summed E-state index contributed by atoms with van der Waals surface area (Å²) in [6.07, 6.45) is 4.89. The van der Waals surface area contributed by atoms with Crippen LogP contribution in [-0.2, 0) is 33.9 Å². The number of pyridine rings is 1. The molecule has 0 saturated heterocycles. The monoisotopic (exact) mass is 853 g/mol. The molecular weight excluding hydrogens is 808 g/mol. The molecule has 4 aromatic carbocycles.